The summed E-state index contributed by atoms with van der Waals surface area (Å²) in [6.07, 6.45) is 8.19. The first-order valence-corrected chi connectivity index (χ1v) is 8.46. The van der Waals surface area contributed by atoms with Crippen LogP contribution in [0.2, 0.25) is 0 Å². The number of carbonyl (C=O) groups is 1. The van der Waals surface area contributed by atoms with E-state index in [1.165, 1.54) is 12.8 Å². The van der Waals surface area contributed by atoms with Crippen molar-refractivity contribution < 1.29 is 4.79 Å². The van der Waals surface area contributed by atoms with Gasteiger partial charge in [0.05, 0.1) is 18.2 Å². The second-order valence-electron chi connectivity index (χ2n) is 6.77. The molecule has 4 heteroatoms. The number of hydrogen-bond donors (Lipinski definition) is 1. The Labute approximate surface area is 127 Å². The molecule has 0 radical (unpaired) electrons. The Morgan fingerprint density at radius 3 is 2.81 bits per heavy atom. The molecular formula is C17H27N3O. The Morgan fingerprint density at radius 1 is 1.43 bits per heavy atom. The quantitative estimate of drug-likeness (QED) is 0.876. The molecule has 1 N–H and O–H groups in total. The smallest absolute Gasteiger partial charge is 0.142 e. The van der Waals surface area contributed by atoms with Crippen molar-refractivity contribution in [3.63, 3.8) is 0 Å². The zero-order valence-electron chi connectivity index (χ0n) is 13.3. The number of piperidine rings is 1. The Bertz CT molecular complexity index is 498. The van der Waals surface area contributed by atoms with Crippen LogP contribution >= 0.6 is 0 Å². The van der Waals surface area contributed by atoms with Gasteiger partial charge in [-0.1, -0.05) is 13.8 Å². The van der Waals surface area contributed by atoms with Crippen LogP contribution in [-0.4, -0.2) is 28.7 Å². The van der Waals surface area contributed by atoms with Gasteiger partial charge in [0.2, 0.25) is 0 Å². The van der Waals surface area contributed by atoms with E-state index in [2.05, 4.69) is 24.3 Å². The van der Waals surface area contributed by atoms with Gasteiger partial charge in [0.15, 0.2) is 0 Å². The summed E-state index contributed by atoms with van der Waals surface area (Å²) in [7, 11) is 0. The third-order valence-electron chi connectivity index (χ3n) is 5.51. The third kappa shape index (κ3) is 2.91. The van der Waals surface area contributed by atoms with Crippen LogP contribution in [-0.2, 0) is 11.2 Å². The maximum atomic E-state index is 12.5. The lowest BCUT2D eigenvalue weighted by atomic mass is 9.90. The first kappa shape index (κ1) is 14.8. The lowest BCUT2D eigenvalue weighted by Crippen LogP contribution is -2.31. The highest BCUT2D eigenvalue weighted by molar-refractivity contribution is 5.86. The maximum absolute atomic E-state index is 12.5. The number of rotatable bonds is 6. The minimum Gasteiger partial charge on any atom is -0.317 e. The van der Waals surface area contributed by atoms with Crippen molar-refractivity contribution >= 4 is 5.78 Å². The van der Waals surface area contributed by atoms with E-state index in [1.807, 2.05) is 16.9 Å². The normalized spacial score (nSPS) is 23.7. The van der Waals surface area contributed by atoms with E-state index < -0.39 is 0 Å². The molecule has 0 aromatic carbocycles. The lowest BCUT2D eigenvalue weighted by Gasteiger charge is -2.23. The summed E-state index contributed by atoms with van der Waals surface area (Å²) in [5.74, 6) is 0.713. The Morgan fingerprint density at radius 2 is 2.14 bits per heavy atom. The number of aromatic nitrogens is 2. The monoisotopic (exact) mass is 289 g/mol. The van der Waals surface area contributed by atoms with Crippen molar-refractivity contribution in [1.82, 2.24) is 15.1 Å². The molecule has 1 aromatic heterocycles. The largest absolute Gasteiger partial charge is 0.317 e. The van der Waals surface area contributed by atoms with E-state index in [1.54, 1.807) is 0 Å². The highest BCUT2D eigenvalue weighted by atomic mass is 16.1. The molecule has 2 fully saturated rings. The minimum absolute atomic E-state index is 0.304. The van der Waals surface area contributed by atoms with Crippen LogP contribution in [0.1, 0.15) is 57.7 Å². The van der Waals surface area contributed by atoms with Crippen molar-refractivity contribution in [2.45, 2.75) is 58.4 Å². The van der Waals surface area contributed by atoms with Gasteiger partial charge in [0.25, 0.3) is 0 Å². The fourth-order valence-electron chi connectivity index (χ4n) is 3.92. The predicted octanol–water partition coefficient (Wildman–Crippen LogP) is 2.75. The number of ketones is 1. The molecule has 2 heterocycles. The van der Waals surface area contributed by atoms with Gasteiger partial charge >= 0.3 is 0 Å². The van der Waals surface area contributed by atoms with Crippen LogP contribution in [0.15, 0.2) is 12.3 Å². The average molecular weight is 289 g/mol. The first-order chi connectivity index (χ1) is 10.2. The molecule has 0 amide bonds. The number of nitrogens with zero attached hydrogens (tertiary/aromatic N) is 2. The van der Waals surface area contributed by atoms with Crippen molar-refractivity contribution in [1.29, 1.82) is 0 Å². The highest BCUT2D eigenvalue weighted by Gasteiger charge is 2.56. The Kier molecular flexibility index (Phi) is 4.16. The number of Topliss-reactive ketones (excluding diaryl/α,β-unsaturated/α-hetero) is 1. The molecule has 1 unspecified atom stereocenters. The van der Waals surface area contributed by atoms with E-state index in [9.17, 15) is 4.79 Å². The average Bonchev–Trinajstić information content (AvgIpc) is 2.99. The van der Waals surface area contributed by atoms with Crippen LogP contribution in [0.25, 0.3) is 0 Å². The van der Waals surface area contributed by atoms with Crippen LogP contribution < -0.4 is 5.32 Å². The van der Waals surface area contributed by atoms with Gasteiger partial charge in [-0.25, -0.2) is 0 Å². The predicted molar refractivity (Wildman–Crippen MR) is 83.2 cm³/mol. The van der Waals surface area contributed by atoms with Gasteiger partial charge in [0, 0.05) is 12.1 Å². The maximum Gasteiger partial charge on any atom is 0.142 e. The molecular weight excluding hydrogens is 262 g/mol. The second-order valence-corrected chi connectivity index (χ2v) is 6.77. The Hall–Kier alpha value is -1.16. The molecule has 2 aliphatic rings. The highest BCUT2D eigenvalue weighted by Crippen LogP contribution is 2.59. The fourth-order valence-corrected chi connectivity index (χ4v) is 3.92. The molecule has 4 nitrogen and oxygen atoms in total. The topological polar surface area (TPSA) is 46.9 Å². The molecule has 1 aliphatic carbocycles. The van der Waals surface area contributed by atoms with Crippen molar-refractivity contribution in [2.75, 3.05) is 13.1 Å². The summed E-state index contributed by atoms with van der Waals surface area (Å²) in [5.41, 5.74) is 1.29. The molecule has 0 bridgehead atoms. The molecule has 1 saturated carbocycles. The van der Waals surface area contributed by atoms with Crippen molar-refractivity contribution in [3.05, 3.63) is 18.0 Å². The van der Waals surface area contributed by atoms with Gasteiger partial charge in [0.1, 0.15) is 5.78 Å². The Balaban J connectivity index is 1.58. The molecule has 1 atom stereocenters. The van der Waals surface area contributed by atoms with E-state index in [0.717, 1.165) is 38.0 Å². The van der Waals surface area contributed by atoms with E-state index in [4.69, 9.17) is 0 Å². The van der Waals surface area contributed by atoms with Crippen molar-refractivity contribution in [3.8, 4) is 0 Å². The van der Waals surface area contributed by atoms with E-state index in [0.29, 0.717) is 29.6 Å². The minimum atomic E-state index is 0.304. The SMILES string of the molecule is CCC(CC)n1ccc(CC(=O)C2CC23CCNCC3)n1. The molecule has 1 spiro atoms. The number of nitrogens with one attached hydrogen (secondary N) is 1. The summed E-state index contributed by atoms with van der Waals surface area (Å²) in [6, 6.07) is 2.48. The van der Waals surface area contributed by atoms with Crippen molar-refractivity contribution in [2.24, 2.45) is 11.3 Å². The van der Waals surface area contributed by atoms with Gasteiger partial charge in [-0.05, 0) is 56.7 Å². The second kappa shape index (κ2) is 5.91. The van der Waals surface area contributed by atoms with Gasteiger partial charge in [-0.3, -0.25) is 9.48 Å². The lowest BCUT2D eigenvalue weighted by molar-refractivity contribution is -0.120. The molecule has 21 heavy (non-hydrogen) atoms. The molecule has 3 rings (SSSR count). The fraction of sp³-hybridized carbons (Fsp3) is 0.765. The van der Waals surface area contributed by atoms with E-state index >= 15 is 0 Å². The number of hydrogen-bond acceptors (Lipinski definition) is 3. The van der Waals surface area contributed by atoms with Crippen LogP contribution in [0, 0.1) is 11.3 Å². The molecule has 1 saturated heterocycles. The molecule has 1 aromatic rings. The first-order valence-electron chi connectivity index (χ1n) is 8.46. The summed E-state index contributed by atoms with van der Waals surface area (Å²) in [4.78, 5) is 12.5. The molecule has 1 aliphatic heterocycles. The van der Waals surface area contributed by atoms with Gasteiger partial charge < -0.3 is 5.32 Å². The van der Waals surface area contributed by atoms with Crippen LogP contribution in [0.4, 0.5) is 0 Å². The summed E-state index contributed by atoms with van der Waals surface area (Å²) in [6.45, 7) is 6.53. The number of carbonyl (C=O) groups excluding carboxylic acids is 1. The summed E-state index contributed by atoms with van der Waals surface area (Å²) in [5, 5.41) is 8.01. The zero-order valence-corrected chi connectivity index (χ0v) is 13.3. The van der Waals surface area contributed by atoms with Crippen LogP contribution in [0.3, 0.4) is 0 Å². The summed E-state index contributed by atoms with van der Waals surface area (Å²) >= 11 is 0. The third-order valence-corrected chi connectivity index (χ3v) is 5.51. The van der Waals surface area contributed by atoms with E-state index in [-0.39, 0.29) is 0 Å². The van der Waals surface area contributed by atoms with Gasteiger partial charge in [-0.2, -0.15) is 5.10 Å². The standard InChI is InChI=1S/C17H27N3O/c1-3-14(4-2)20-10-5-13(19-20)11-16(21)15-12-17(15)6-8-18-9-7-17/h5,10,14-15,18H,3-4,6-9,11-12H2,1-2H3. The van der Waals surface area contributed by atoms with Crippen LogP contribution in [0.5, 0.6) is 0 Å². The van der Waals surface area contributed by atoms with Gasteiger partial charge in [-0.15, -0.1) is 0 Å². The molecule has 116 valence electrons. The zero-order chi connectivity index (χ0) is 14.9. The summed E-state index contributed by atoms with van der Waals surface area (Å²) < 4.78 is 2.04.